The number of carbonyl (C=O) groups excluding carboxylic acids is 2. The van der Waals surface area contributed by atoms with Crippen LogP contribution in [0, 0.1) is 5.82 Å². The fourth-order valence-corrected chi connectivity index (χ4v) is 2.34. The van der Waals surface area contributed by atoms with Crippen LogP contribution in [0.3, 0.4) is 0 Å². The highest BCUT2D eigenvalue weighted by molar-refractivity contribution is 14.0. The van der Waals surface area contributed by atoms with E-state index in [0.29, 0.717) is 25.6 Å². The molecule has 0 unspecified atom stereocenters. The second-order valence-electron chi connectivity index (χ2n) is 8.37. The summed E-state index contributed by atoms with van der Waals surface area (Å²) in [6, 6.07) is 5.82. The standard InChI is InChI=1S/C21H34FN5O3.HI/c1-7-23-18(26-14-21(5,6)27-19(29)30-20(2,3)4)25-13-12-24-17(28)15-10-8-9-11-16(15)22;/h8-11H,7,12-14H2,1-6H3,(H,24,28)(H,27,29)(H2,23,25,26);1H. The van der Waals surface area contributed by atoms with E-state index in [1.54, 1.807) is 26.8 Å². The van der Waals surface area contributed by atoms with E-state index >= 15 is 0 Å². The number of guanidine groups is 1. The van der Waals surface area contributed by atoms with E-state index in [1.165, 1.54) is 18.2 Å². The lowest BCUT2D eigenvalue weighted by atomic mass is 10.1. The number of nitrogens with one attached hydrogen (secondary N) is 4. The summed E-state index contributed by atoms with van der Waals surface area (Å²) in [4.78, 5) is 28.5. The average Bonchev–Trinajstić information content (AvgIpc) is 2.61. The summed E-state index contributed by atoms with van der Waals surface area (Å²) in [7, 11) is 0. The summed E-state index contributed by atoms with van der Waals surface area (Å²) in [6.07, 6.45) is -0.503. The average molecular weight is 551 g/mol. The lowest BCUT2D eigenvalue weighted by Gasteiger charge is -2.27. The van der Waals surface area contributed by atoms with Gasteiger partial charge >= 0.3 is 6.09 Å². The minimum Gasteiger partial charge on any atom is -0.444 e. The number of nitrogens with zero attached hydrogens (tertiary/aromatic N) is 1. The molecule has 0 aliphatic rings. The Morgan fingerprint density at radius 3 is 2.23 bits per heavy atom. The highest BCUT2D eigenvalue weighted by Crippen LogP contribution is 2.10. The molecule has 0 bridgehead atoms. The zero-order valence-corrected chi connectivity index (χ0v) is 21.4. The van der Waals surface area contributed by atoms with Gasteiger partial charge in [0.1, 0.15) is 11.4 Å². The lowest BCUT2D eigenvalue weighted by molar-refractivity contribution is 0.0476. The molecule has 0 saturated heterocycles. The van der Waals surface area contributed by atoms with Gasteiger partial charge in [-0.05, 0) is 53.7 Å². The predicted molar refractivity (Wildman–Crippen MR) is 132 cm³/mol. The van der Waals surface area contributed by atoms with Crippen molar-refractivity contribution in [3.8, 4) is 0 Å². The Balaban J connectivity index is 0.00000900. The third-order valence-electron chi connectivity index (χ3n) is 3.64. The zero-order valence-electron chi connectivity index (χ0n) is 19.1. The van der Waals surface area contributed by atoms with Crippen molar-refractivity contribution in [2.24, 2.45) is 4.99 Å². The van der Waals surface area contributed by atoms with Crippen molar-refractivity contribution in [1.82, 2.24) is 21.3 Å². The number of alkyl carbamates (subject to hydrolysis) is 1. The third kappa shape index (κ3) is 12.4. The summed E-state index contributed by atoms with van der Waals surface area (Å²) in [5, 5.41) is 11.6. The molecule has 0 spiro atoms. The van der Waals surface area contributed by atoms with Gasteiger partial charge in [0.15, 0.2) is 5.96 Å². The van der Waals surface area contributed by atoms with Crippen LogP contribution in [0.15, 0.2) is 29.3 Å². The van der Waals surface area contributed by atoms with Crippen LogP contribution in [-0.2, 0) is 4.74 Å². The third-order valence-corrected chi connectivity index (χ3v) is 3.64. The van der Waals surface area contributed by atoms with Crippen LogP contribution in [0.5, 0.6) is 0 Å². The van der Waals surface area contributed by atoms with E-state index in [1.807, 2.05) is 20.8 Å². The second-order valence-corrected chi connectivity index (χ2v) is 8.37. The monoisotopic (exact) mass is 551 g/mol. The molecule has 1 rings (SSSR count). The number of carbonyl (C=O) groups is 2. The Labute approximate surface area is 201 Å². The summed E-state index contributed by atoms with van der Waals surface area (Å²) < 4.78 is 18.9. The van der Waals surface area contributed by atoms with Crippen molar-refractivity contribution >= 4 is 41.9 Å². The second kappa shape index (κ2) is 13.3. The van der Waals surface area contributed by atoms with Gasteiger partial charge in [0, 0.05) is 19.6 Å². The van der Waals surface area contributed by atoms with E-state index in [-0.39, 0.29) is 36.1 Å². The van der Waals surface area contributed by atoms with E-state index in [2.05, 4.69) is 26.3 Å². The molecule has 0 atom stereocenters. The maximum Gasteiger partial charge on any atom is 0.408 e. The normalized spacial score (nSPS) is 11.8. The number of amides is 2. The van der Waals surface area contributed by atoms with Gasteiger partial charge in [-0.25, -0.2) is 9.18 Å². The number of ether oxygens (including phenoxy) is 1. The Kier molecular flexibility index (Phi) is 12.4. The van der Waals surface area contributed by atoms with Crippen molar-refractivity contribution in [1.29, 1.82) is 0 Å². The number of rotatable bonds is 8. The first-order valence-corrected chi connectivity index (χ1v) is 9.99. The molecule has 4 N–H and O–H groups in total. The number of hydrogen-bond donors (Lipinski definition) is 4. The van der Waals surface area contributed by atoms with Crippen LogP contribution in [-0.4, -0.2) is 55.3 Å². The topological polar surface area (TPSA) is 104 Å². The number of hydrogen-bond acceptors (Lipinski definition) is 4. The highest BCUT2D eigenvalue weighted by Gasteiger charge is 2.24. The van der Waals surface area contributed by atoms with Crippen molar-refractivity contribution in [3.05, 3.63) is 35.6 Å². The van der Waals surface area contributed by atoms with Crippen LogP contribution in [0.4, 0.5) is 9.18 Å². The van der Waals surface area contributed by atoms with Crippen molar-refractivity contribution < 1.29 is 18.7 Å². The number of aliphatic imine (C=N–C) groups is 1. The molecule has 10 heteroatoms. The zero-order chi connectivity index (χ0) is 22.8. The molecular weight excluding hydrogens is 516 g/mol. The quantitative estimate of drug-likeness (QED) is 0.172. The maximum atomic E-state index is 13.6. The molecule has 1 aromatic rings. The minimum absolute atomic E-state index is 0. The molecule has 0 saturated carbocycles. The van der Waals surface area contributed by atoms with Crippen molar-refractivity contribution in [2.45, 2.75) is 52.7 Å². The van der Waals surface area contributed by atoms with Crippen LogP contribution in [0.2, 0.25) is 0 Å². The van der Waals surface area contributed by atoms with Crippen LogP contribution < -0.4 is 21.3 Å². The summed E-state index contributed by atoms with van der Waals surface area (Å²) in [5.41, 5.74) is -1.19. The van der Waals surface area contributed by atoms with Gasteiger partial charge in [-0.3, -0.25) is 9.79 Å². The Hall–Kier alpha value is -2.11. The molecule has 0 aromatic heterocycles. The van der Waals surface area contributed by atoms with Gasteiger partial charge in [0.05, 0.1) is 17.6 Å². The number of benzene rings is 1. The molecule has 8 nitrogen and oxygen atoms in total. The Morgan fingerprint density at radius 1 is 1.03 bits per heavy atom. The molecule has 0 fully saturated rings. The van der Waals surface area contributed by atoms with Crippen LogP contribution in [0.25, 0.3) is 0 Å². The first kappa shape index (κ1) is 28.9. The van der Waals surface area contributed by atoms with E-state index in [0.717, 1.165) is 0 Å². The van der Waals surface area contributed by atoms with Gasteiger partial charge in [0.2, 0.25) is 0 Å². The van der Waals surface area contributed by atoms with Crippen LogP contribution >= 0.6 is 24.0 Å². The fourth-order valence-electron chi connectivity index (χ4n) is 2.34. The van der Waals surface area contributed by atoms with E-state index < -0.39 is 29.0 Å². The summed E-state index contributed by atoms with van der Waals surface area (Å²) in [6.45, 7) is 12.7. The maximum absolute atomic E-state index is 13.6. The minimum atomic E-state index is -0.621. The van der Waals surface area contributed by atoms with E-state index in [4.69, 9.17) is 4.74 Å². The predicted octanol–water partition coefficient (Wildman–Crippen LogP) is 3.03. The van der Waals surface area contributed by atoms with Gasteiger partial charge in [0.25, 0.3) is 5.91 Å². The molecule has 1 aromatic carbocycles. The summed E-state index contributed by atoms with van der Waals surface area (Å²) in [5.74, 6) is -0.492. The van der Waals surface area contributed by atoms with Gasteiger partial charge in [-0.2, -0.15) is 0 Å². The molecule has 0 aliphatic carbocycles. The largest absolute Gasteiger partial charge is 0.444 e. The van der Waals surface area contributed by atoms with Crippen molar-refractivity contribution in [3.63, 3.8) is 0 Å². The van der Waals surface area contributed by atoms with Gasteiger partial charge < -0.3 is 26.0 Å². The molecule has 0 aliphatic heterocycles. The van der Waals surface area contributed by atoms with Gasteiger partial charge in [-0.15, -0.1) is 24.0 Å². The fraction of sp³-hybridized carbons (Fsp3) is 0.571. The lowest BCUT2D eigenvalue weighted by Crippen LogP contribution is -2.49. The summed E-state index contributed by atoms with van der Waals surface area (Å²) >= 11 is 0. The smallest absolute Gasteiger partial charge is 0.408 e. The van der Waals surface area contributed by atoms with Gasteiger partial charge in [-0.1, -0.05) is 12.1 Å². The first-order valence-electron chi connectivity index (χ1n) is 9.99. The van der Waals surface area contributed by atoms with Crippen LogP contribution in [0.1, 0.15) is 51.9 Å². The molecule has 0 heterocycles. The molecule has 0 radical (unpaired) electrons. The highest BCUT2D eigenvalue weighted by atomic mass is 127. The molecule has 176 valence electrons. The SMILES string of the molecule is CCNC(=NCC(C)(C)NC(=O)OC(C)(C)C)NCCNC(=O)c1ccccc1F.I. The Morgan fingerprint density at radius 2 is 1.65 bits per heavy atom. The molecule has 31 heavy (non-hydrogen) atoms. The Bertz CT molecular complexity index is 751. The van der Waals surface area contributed by atoms with Crippen molar-refractivity contribution in [2.75, 3.05) is 26.2 Å². The molecular formula is C21H35FIN5O3. The first-order chi connectivity index (χ1) is 13.9. The van der Waals surface area contributed by atoms with E-state index in [9.17, 15) is 14.0 Å². The molecule has 2 amide bonds. The number of halogens is 2.